The number of nitrogens with zero attached hydrogens (tertiary/aromatic N) is 1. The zero-order chi connectivity index (χ0) is 19.8. The van der Waals surface area contributed by atoms with Crippen LogP contribution in [0.5, 0.6) is 0 Å². The van der Waals surface area contributed by atoms with Crippen LogP contribution in [0.1, 0.15) is 23.1 Å². The molecule has 28 heavy (non-hydrogen) atoms. The van der Waals surface area contributed by atoms with Crippen molar-refractivity contribution in [3.8, 4) is 0 Å². The molecule has 142 valence electrons. The Hall–Kier alpha value is -3.40. The molecule has 3 rings (SSSR count). The van der Waals surface area contributed by atoms with E-state index >= 15 is 0 Å². The molecular weight excluding hydrogens is 348 g/mol. The third-order valence-electron chi connectivity index (χ3n) is 4.60. The van der Waals surface area contributed by atoms with Gasteiger partial charge in [0.05, 0.1) is 6.54 Å². The van der Waals surface area contributed by atoms with Gasteiger partial charge >= 0.3 is 0 Å². The van der Waals surface area contributed by atoms with Gasteiger partial charge in [-0.25, -0.2) is 0 Å². The van der Waals surface area contributed by atoms with Gasteiger partial charge in [0.25, 0.3) is 0 Å². The number of nitrogens with one attached hydrogen (secondary N) is 1. The quantitative estimate of drug-likeness (QED) is 0.631. The molecule has 4 heteroatoms. The highest BCUT2D eigenvalue weighted by molar-refractivity contribution is 6.04. The second-order valence-electron chi connectivity index (χ2n) is 6.68. The average molecular weight is 372 g/mol. The normalized spacial score (nSPS) is 10.3. The van der Waals surface area contributed by atoms with E-state index in [-0.39, 0.29) is 18.2 Å². The molecule has 0 unspecified atom stereocenters. The maximum absolute atomic E-state index is 12.9. The van der Waals surface area contributed by atoms with E-state index in [4.69, 9.17) is 0 Å². The molecule has 3 aromatic rings. The van der Waals surface area contributed by atoms with Gasteiger partial charge in [0, 0.05) is 12.2 Å². The number of carbonyl (C=O) groups excluding carboxylic acids is 2. The van der Waals surface area contributed by atoms with E-state index in [0.717, 1.165) is 22.4 Å². The Bertz CT molecular complexity index is 924. The Labute approximate surface area is 165 Å². The van der Waals surface area contributed by atoms with Crippen LogP contribution in [0, 0.1) is 6.92 Å². The number of rotatable bonds is 7. The van der Waals surface area contributed by atoms with Crippen LogP contribution < -0.4 is 10.2 Å². The molecule has 0 spiro atoms. The van der Waals surface area contributed by atoms with Crippen LogP contribution in [-0.4, -0.2) is 11.8 Å². The molecule has 0 saturated heterocycles. The molecule has 0 radical (unpaired) electrons. The Morgan fingerprint density at radius 1 is 0.821 bits per heavy atom. The maximum Gasteiger partial charge on any atom is 0.236 e. The molecule has 0 aliphatic heterocycles. The van der Waals surface area contributed by atoms with Crippen LogP contribution in [0.25, 0.3) is 0 Å². The lowest BCUT2D eigenvalue weighted by atomic mass is 10.1. The number of aryl methyl sites for hydroxylation is 1. The Morgan fingerprint density at radius 2 is 1.43 bits per heavy atom. The van der Waals surface area contributed by atoms with E-state index in [0.29, 0.717) is 13.1 Å². The van der Waals surface area contributed by atoms with Gasteiger partial charge in [-0.15, -0.1) is 0 Å². The lowest BCUT2D eigenvalue weighted by Crippen LogP contribution is -2.35. The number of benzene rings is 3. The van der Waals surface area contributed by atoms with Gasteiger partial charge < -0.3 is 10.2 Å². The number of carbonyl (C=O) groups is 2. The third-order valence-corrected chi connectivity index (χ3v) is 4.60. The van der Waals surface area contributed by atoms with E-state index in [1.807, 2.05) is 91.9 Å². The summed E-state index contributed by atoms with van der Waals surface area (Å²) in [5.41, 5.74) is 3.96. The van der Waals surface area contributed by atoms with Gasteiger partial charge in [-0.05, 0) is 35.7 Å². The molecule has 1 N–H and O–H groups in total. The highest BCUT2D eigenvalue weighted by Gasteiger charge is 2.19. The molecule has 0 bridgehead atoms. The molecule has 0 aliphatic rings. The predicted molar refractivity (Wildman–Crippen MR) is 112 cm³/mol. The molecule has 3 aromatic carbocycles. The summed E-state index contributed by atoms with van der Waals surface area (Å²) in [5, 5.41) is 2.85. The number of hydrogen-bond donors (Lipinski definition) is 1. The van der Waals surface area contributed by atoms with Gasteiger partial charge in [-0.3, -0.25) is 9.59 Å². The predicted octanol–water partition coefficient (Wildman–Crippen LogP) is 4.23. The number of amides is 2. The fourth-order valence-electron chi connectivity index (χ4n) is 2.99. The number of para-hydroxylation sites is 1. The van der Waals surface area contributed by atoms with Crippen molar-refractivity contribution in [1.29, 1.82) is 0 Å². The lowest BCUT2D eigenvalue weighted by molar-refractivity contribution is -0.128. The monoisotopic (exact) mass is 372 g/mol. The molecule has 0 fully saturated rings. The van der Waals surface area contributed by atoms with E-state index in [9.17, 15) is 9.59 Å². The van der Waals surface area contributed by atoms with E-state index in [1.165, 1.54) is 0 Å². The van der Waals surface area contributed by atoms with Crippen molar-refractivity contribution in [2.75, 3.05) is 4.90 Å². The largest absolute Gasteiger partial charge is 0.352 e. The zero-order valence-electron chi connectivity index (χ0n) is 16.0. The Morgan fingerprint density at radius 3 is 2.11 bits per heavy atom. The van der Waals surface area contributed by atoms with Crippen molar-refractivity contribution in [1.82, 2.24) is 5.32 Å². The van der Waals surface area contributed by atoms with Crippen LogP contribution in [0.3, 0.4) is 0 Å². The van der Waals surface area contributed by atoms with E-state index < -0.39 is 0 Å². The first-order valence-electron chi connectivity index (χ1n) is 9.34. The molecule has 0 aliphatic carbocycles. The Kier molecular flexibility index (Phi) is 6.58. The van der Waals surface area contributed by atoms with E-state index in [2.05, 4.69) is 5.32 Å². The van der Waals surface area contributed by atoms with Crippen LogP contribution >= 0.6 is 0 Å². The van der Waals surface area contributed by atoms with E-state index in [1.54, 1.807) is 4.90 Å². The van der Waals surface area contributed by atoms with Crippen LogP contribution in [0.2, 0.25) is 0 Å². The van der Waals surface area contributed by atoms with Gasteiger partial charge in [-0.2, -0.15) is 0 Å². The SMILES string of the molecule is Cc1ccccc1CNC(=O)CC(=O)N(Cc1ccccc1)c1ccccc1. The first kappa shape index (κ1) is 19.4. The fourth-order valence-corrected chi connectivity index (χ4v) is 2.99. The third kappa shape index (κ3) is 5.30. The van der Waals surface area contributed by atoms with Crippen LogP contribution in [-0.2, 0) is 22.7 Å². The molecule has 0 atom stereocenters. The van der Waals surface area contributed by atoms with Crippen molar-refractivity contribution in [2.45, 2.75) is 26.4 Å². The maximum atomic E-state index is 12.9. The minimum absolute atomic E-state index is 0.187. The van der Waals surface area contributed by atoms with Crippen molar-refractivity contribution >= 4 is 17.5 Å². The highest BCUT2D eigenvalue weighted by Crippen LogP contribution is 2.18. The first-order chi connectivity index (χ1) is 13.6. The molecule has 0 aromatic heterocycles. The summed E-state index contributed by atoms with van der Waals surface area (Å²) in [6.45, 7) is 2.85. The van der Waals surface area contributed by atoms with Crippen molar-refractivity contribution in [2.24, 2.45) is 0 Å². The summed E-state index contributed by atoms with van der Waals surface area (Å²) in [6, 6.07) is 27.1. The minimum atomic E-state index is -0.276. The summed E-state index contributed by atoms with van der Waals surface area (Å²) in [7, 11) is 0. The minimum Gasteiger partial charge on any atom is -0.352 e. The zero-order valence-corrected chi connectivity index (χ0v) is 16.0. The van der Waals surface area contributed by atoms with Crippen molar-refractivity contribution < 1.29 is 9.59 Å². The molecule has 0 saturated carbocycles. The molecular formula is C24H24N2O2. The smallest absolute Gasteiger partial charge is 0.236 e. The summed E-state index contributed by atoms with van der Waals surface area (Å²) in [5.74, 6) is -0.500. The van der Waals surface area contributed by atoms with Gasteiger partial charge in [0.15, 0.2) is 0 Å². The van der Waals surface area contributed by atoms with Crippen molar-refractivity contribution in [3.63, 3.8) is 0 Å². The van der Waals surface area contributed by atoms with Crippen LogP contribution in [0.4, 0.5) is 5.69 Å². The number of hydrogen-bond acceptors (Lipinski definition) is 2. The van der Waals surface area contributed by atoms with Gasteiger partial charge in [0.2, 0.25) is 11.8 Å². The molecule has 4 nitrogen and oxygen atoms in total. The standard InChI is InChI=1S/C24H24N2O2/c1-19-10-8-9-13-21(19)17-25-23(27)16-24(28)26(22-14-6-3-7-15-22)18-20-11-4-2-5-12-20/h2-15H,16-18H2,1H3,(H,25,27). The fraction of sp³-hybridized carbons (Fsp3) is 0.167. The second-order valence-corrected chi connectivity index (χ2v) is 6.68. The first-order valence-corrected chi connectivity index (χ1v) is 9.34. The topological polar surface area (TPSA) is 49.4 Å². The van der Waals surface area contributed by atoms with Crippen molar-refractivity contribution in [3.05, 3.63) is 102 Å². The average Bonchev–Trinajstić information content (AvgIpc) is 2.73. The Balaban J connectivity index is 1.67. The summed E-state index contributed by atoms with van der Waals surface area (Å²) < 4.78 is 0. The van der Waals surface area contributed by atoms with Crippen LogP contribution in [0.15, 0.2) is 84.9 Å². The molecule has 2 amide bonds. The summed E-state index contributed by atoms with van der Waals surface area (Å²) >= 11 is 0. The second kappa shape index (κ2) is 9.51. The summed E-state index contributed by atoms with van der Waals surface area (Å²) in [6.07, 6.45) is -0.187. The molecule has 0 heterocycles. The summed E-state index contributed by atoms with van der Waals surface area (Å²) in [4.78, 5) is 26.9. The lowest BCUT2D eigenvalue weighted by Gasteiger charge is -2.23. The van der Waals surface area contributed by atoms with Gasteiger partial charge in [0.1, 0.15) is 6.42 Å². The number of anilines is 1. The van der Waals surface area contributed by atoms with Gasteiger partial charge in [-0.1, -0.05) is 72.8 Å². The highest BCUT2D eigenvalue weighted by atomic mass is 16.2.